The van der Waals surface area contributed by atoms with E-state index in [4.69, 9.17) is 11.6 Å². The van der Waals surface area contributed by atoms with E-state index < -0.39 is 0 Å². The van der Waals surface area contributed by atoms with Crippen molar-refractivity contribution in [2.45, 2.75) is 13.1 Å². The molecule has 1 heterocycles. The van der Waals surface area contributed by atoms with E-state index in [1.54, 1.807) is 18.0 Å². The number of carbonyl (C=O) groups excluding carboxylic acids is 1. The second-order valence-corrected chi connectivity index (χ2v) is 5.60. The molecule has 0 radical (unpaired) electrons. The Morgan fingerprint density at radius 1 is 1.30 bits per heavy atom. The Bertz CT molecular complexity index is 540. The Hall–Kier alpha value is -1.36. The van der Waals surface area contributed by atoms with E-state index in [9.17, 15) is 4.79 Å². The first-order chi connectivity index (χ1) is 9.50. The fourth-order valence-corrected chi connectivity index (χ4v) is 2.51. The summed E-state index contributed by atoms with van der Waals surface area (Å²) < 4.78 is 0. The van der Waals surface area contributed by atoms with Crippen LogP contribution in [-0.2, 0) is 17.9 Å². The van der Waals surface area contributed by atoms with Gasteiger partial charge in [-0.15, -0.1) is 0 Å². The minimum Gasteiger partial charge on any atom is -0.312 e. The lowest BCUT2D eigenvalue weighted by Gasteiger charge is -2.19. The smallest absolute Gasteiger partial charge is 0.250 e. The number of nitrogens with one attached hydrogen (secondary N) is 1. The Morgan fingerprint density at radius 2 is 2.00 bits per heavy atom. The number of likely N-dealkylation sites (N-methyl/N-ethyl adjacent to an activating group) is 2. The van der Waals surface area contributed by atoms with Gasteiger partial charge in [-0.05, 0) is 37.4 Å². The van der Waals surface area contributed by atoms with Crippen molar-refractivity contribution in [3.8, 4) is 0 Å². The molecule has 2 rings (SSSR count). The molecule has 0 spiro atoms. The molecule has 0 atom stereocenters. The lowest BCUT2D eigenvalue weighted by atomic mass is 10.1. The van der Waals surface area contributed by atoms with Crippen LogP contribution in [0.2, 0.25) is 5.02 Å². The molecule has 0 saturated carbocycles. The standard InChI is InChI=1S/C15H20ClN3O/c1-18(2)8-4-5-15(20)19(3)14-7-6-13(16)11-9-17-10-12(11)14/h4-7,17H,8-10H2,1-3H3/b5-4+. The van der Waals surface area contributed by atoms with Crippen molar-refractivity contribution in [1.82, 2.24) is 10.2 Å². The van der Waals surface area contributed by atoms with Crippen LogP contribution in [0.5, 0.6) is 0 Å². The lowest BCUT2D eigenvalue weighted by molar-refractivity contribution is -0.113. The Kier molecular flexibility index (Phi) is 4.81. The van der Waals surface area contributed by atoms with Crippen LogP contribution in [0, 0.1) is 0 Å². The van der Waals surface area contributed by atoms with Crippen LogP contribution in [0.1, 0.15) is 11.1 Å². The molecule has 1 amide bonds. The summed E-state index contributed by atoms with van der Waals surface area (Å²) in [4.78, 5) is 15.9. The Balaban J connectivity index is 2.18. The summed E-state index contributed by atoms with van der Waals surface area (Å²) in [6, 6.07) is 3.77. The number of hydrogen-bond donors (Lipinski definition) is 1. The maximum absolute atomic E-state index is 12.2. The molecular weight excluding hydrogens is 274 g/mol. The van der Waals surface area contributed by atoms with E-state index in [0.29, 0.717) is 0 Å². The van der Waals surface area contributed by atoms with Gasteiger partial charge in [-0.1, -0.05) is 17.7 Å². The number of fused-ring (bicyclic) bond motifs is 1. The summed E-state index contributed by atoms with van der Waals surface area (Å²) in [5.74, 6) is -0.0247. The second kappa shape index (κ2) is 6.39. The number of halogens is 1. The topological polar surface area (TPSA) is 35.6 Å². The summed E-state index contributed by atoms with van der Waals surface area (Å²) in [6.07, 6.45) is 3.48. The van der Waals surface area contributed by atoms with Crippen LogP contribution in [0.25, 0.3) is 0 Å². The number of rotatable bonds is 4. The van der Waals surface area contributed by atoms with Crippen molar-refractivity contribution in [3.63, 3.8) is 0 Å². The largest absolute Gasteiger partial charge is 0.312 e. The van der Waals surface area contributed by atoms with Crippen molar-refractivity contribution in [2.24, 2.45) is 0 Å². The van der Waals surface area contributed by atoms with Crippen molar-refractivity contribution in [2.75, 3.05) is 32.6 Å². The van der Waals surface area contributed by atoms with Crippen LogP contribution in [0.15, 0.2) is 24.3 Å². The van der Waals surface area contributed by atoms with Gasteiger partial charge in [-0.25, -0.2) is 0 Å². The van der Waals surface area contributed by atoms with Crippen molar-refractivity contribution < 1.29 is 4.79 Å². The van der Waals surface area contributed by atoms with Gasteiger partial charge in [0.25, 0.3) is 0 Å². The molecule has 20 heavy (non-hydrogen) atoms. The fourth-order valence-electron chi connectivity index (χ4n) is 2.26. The summed E-state index contributed by atoms with van der Waals surface area (Å²) >= 11 is 6.18. The molecule has 0 saturated heterocycles. The Morgan fingerprint density at radius 3 is 2.70 bits per heavy atom. The molecule has 0 aliphatic carbocycles. The number of nitrogens with zero attached hydrogens (tertiary/aromatic N) is 2. The molecule has 108 valence electrons. The monoisotopic (exact) mass is 293 g/mol. The average molecular weight is 294 g/mol. The molecule has 1 N–H and O–H groups in total. The van der Waals surface area contributed by atoms with Gasteiger partial charge < -0.3 is 15.1 Å². The maximum atomic E-state index is 12.2. The highest BCUT2D eigenvalue weighted by atomic mass is 35.5. The van der Waals surface area contributed by atoms with Gasteiger partial charge in [-0.3, -0.25) is 4.79 Å². The third-order valence-corrected chi connectivity index (χ3v) is 3.73. The molecular formula is C15H20ClN3O. The normalized spacial score (nSPS) is 14.1. The highest BCUT2D eigenvalue weighted by molar-refractivity contribution is 6.31. The van der Waals surface area contributed by atoms with Crippen molar-refractivity contribution in [1.29, 1.82) is 0 Å². The van der Waals surface area contributed by atoms with Gasteiger partial charge in [-0.2, -0.15) is 0 Å². The number of carbonyl (C=O) groups is 1. The number of benzene rings is 1. The third kappa shape index (κ3) is 3.20. The second-order valence-electron chi connectivity index (χ2n) is 5.19. The molecule has 0 unspecified atom stereocenters. The summed E-state index contributed by atoms with van der Waals surface area (Å²) in [6.45, 7) is 2.27. The van der Waals surface area contributed by atoms with Crippen LogP contribution in [0.4, 0.5) is 5.69 Å². The number of amides is 1. The molecule has 0 fully saturated rings. The lowest BCUT2D eigenvalue weighted by Crippen LogP contribution is -2.25. The van der Waals surface area contributed by atoms with Crippen LogP contribution < -0.4 is 10.2 Å². The molecule has 1 aliphatic rings. The van der Waals surface area contributed by atoms with E-state index in [1.807, 2.05) is 37.2 Å². The van der Waals surface area contributed by atoms with Crippen molar-refractivity contribution in [3.05, 3.63) is 40.4 Å². The molecule has 0 bridgehead atoms. The zero-order valence-electron chi connectivity index (χ0n) is 12.1. The van der Waals surface area contributed by atoms with Gasteiger partial charge >= 0.3 is 0 Å². The Labute approximate surface area is 125 Å². The third-order valence-electron chi connectivity index (χ3n) is 3.38. The summed E-state index contributed by atoms with van der Waals surface area (Å²) in [7, 11) is 5.73. The van der Waals surface area contributed by atoms with Crippen LogP contribution >= 0.6 is 11.6 Å². The summed E-state index contributed by atoms with van der Waals surface area (Å²) in [5.41, 5.74) is 3.14. The first-order valence-corrected chi connectivity index (χ1v) is 6.98. The average Bonchev–Trinajstić information content (AvgIpc) is 2.88. The zero-order chi connectivity index (χ0) is 14.7. The van der Waals surface area contributed by atoms with Crippen LogP contribution in [0.3, 0.4) is 0 Å². The van der Waals surface area contributed by atoms with Gasteiger partial charge in [0.05, 0.1) is 0 Å². The predicted octanol–water partition coefficient (Wildman–Crippen LogP) is 2.02. The predicted molar refractivity (Wildman–Crippen MR) is 83.1 cm³/mol. The van der Waals surface area contributed by atoms with E-state index >= 15 is 0 Å². The highest BCUT2D eigenvalue weighted by Crippen LogP contribution is 2.32. The van der Waals surface area contributed by atoms with Crippen molar-refractivity contribution >= 4 is 23.2 Å². The minimum atomic E-state index is -0.0247. The van der Waals surface area contributed by atoms with E-state index in [2.05, 4.69) is 5.32 Å². The quantitative estimate of drug-likeness (QED) is 0.863. The highest BCUT2D eigenvalue weighted by Gasteiger charge is 2.21. The fraction of sp³-hybridized carbons (Fsp3) is 0.400. The molecule has 0 aromatic heterocycles. The molecule has 1 aromatic carbocycles. The molecule has 1 aromatic rings. The maximum Gasteiger partial charge on any atom is 0.250 e. The number of hydrogen-bond acceptors (Lipinski definition) is 3. The molecule has 4 nitrogen and oxygen atoms in total. The van der Waals surface area contributed by atoms with Gasteiger partial charge in [0, 0.05) is 43.5 Å². The zero-order valence-corrected chi connectivity index (χ0v) is 12.9. The molecule has 1 aliphatic heterocycles. The van der Waals surface area contributed by atoms with Gasteiger partial charge in [0.2, 0.25) is 5.91 Å². The van der Waals surface area contributed by atoms with E-state index in [-0.39, 0.29) is 5.91 Å². The van der Waals surface area contributed by atoms with Gasteiger partial charge in [0.15, 0.2) is 0 Å². The van der Waals surface area contributed by atoms with Gasteiger partial charge in [0.1, 0.15) is 0 Å². The van der Waals surface area contributed by atoms with Crippen LogP contribution in [-0.4, -0.2) is 38.5 Å². The van der Waals surface area contributed by atoms with E-state index in [0.717, 1.165) is 41.5 Å². The van der Waals surface area contributed by atoms with E-state index in [1.165, 1.54) is 0 Å². The summed E-state index contributed by atoms with van der Waals surface area (Å²) in [5, 5.41) is 4.04. The SMILES string of the molecule is CN(C)C/C=C/C(=O)N(C)c1ccc(Cl)c2c1CNC2. The first-order valence-electron chi connectivity index (χ1n) is 6.60. The molecule has 5 heteroatoms. The first kappa shape index (κ1) is 15.0. The number of anilines is 1. The minimum absolute atomic E-state index is 0.0247.